The molecule has 1 amide bonds. The van der Waals surface area contributed by atoms with Gasteiger partial charge in [0.1, 0.15) is 0 Å². The number of hydrogen-bond donors (Lipinski definition) is 5. The van der Waals surface area contributed by atoms with Gasteiger partial charge in [-0.1, -0.05) is 25.1 Å². The smallest absolute Gasteiger partial charge is 0.238 e. The third kappa shape index (κ3) is 6.47. The van der Waals surface area contributed by atoms with E-state index in [4.69, 9.17) is 10.9 Å². The summed E-state index contributed by atoms with van der Waals surface area (Å²) in [6.07, 6.45) is 1.59. The molecule has 0 saturated carbocycles. The molecule has 180 valence electrons. The lowest BCUT2D eigenvalue weighted by atomic mass is 10.1. The average molecular weight is 488 g/mol. The van der Waals surface area contributed by atoms with Gasteiger partial charge in [-0.15, -0.1) is 0 Å². The van der Waals surface area contributed by atoms with Gasteiger partial charge in [0.05, 0.1) is 17.1 Å². The zero-order valence-electron chi connectivity index (χ0n) is 18.7. The highest BCUT2D eigenvalue weighted by Gasteiger charge is 2.14. The minimum Gasteiger partial charge on any atom is -0.368 e. The number of nitrogens with two attached hydrogens (primary N) is 2. The van der Waals surface area contributed by atoms with Crippen LogP contribution in [-0.2, 0) is 21.4 Å². The molecule has 10 nitrogen and oxygen atoms in total. The summed E-state index contributed by atoms with van der Waals surface area (Å²) in [6, 6.07) is 11.3. The zero-order valence-corrected chi connectivity index (χ0v) is 19.5. The first-order valence-electron chi connectivity index (χ1n) is 10.4. The van der Waals surface area contributed by atoms with E-state index in [2.05, 4.69) is 25.9 Å². The molecule has 1 unspecified atom stereocenters. The van der Waals surface area contributed by atoms with Gasteiger partial charge in [-0.05, 0) is 48.7 Å². The van der Waals surface area contributed by atoms with Crippen molar-refractivity contribution in [1.29, 1.82) is 0 Å². The van der Waals surface area contributed by atoms with Crippen LogP contribution in [0.1, 0.15) is 24.5 Å². The number of carbonyl (C=O) groups is 1. The molecule has 0 bridgehead atoms. The van der Waals surface area contributed by atoms with Gasteiger partial charge in [0, 0.05) is 17.9 Å². The van der Waals surface area contributed by atoms with Crippen molar-refractivity contribution in [2.75, 3.05) is 10.6 Å². The summed E-state index contributed by atoms with van der Waals surface area (Å²) >= 11 is 0. The van der Waals surface area contributed by atoms with Crippen LogP contribution in [-0.4, -0.2) is 30.3 Å². The van der Waals surface area contributed by atoms with Gasteiger partial charge in [-0.3, -0.25) is 4.79 Å². The van der Waals surface area contributed by atoms with Crippen LogP contribution < -0.4 is 26.8 Å². The van der Waals surface area contributed by atoms with Crippen molar-refractivity contribution in [3.8, 4) is 0 Å². The third-order valence-corrected chi connectivity index (χ3v) is 6.07. The summed E-state index contributed by atoms with van der Waals surface area (Å²) in [4.78, 5) is 19.3. The summed E-state index contributed by atoms with van der Waals surface area (Å²) in [5.74, 6) is -1.08. The fourth-order valence-electron chi connectivity index (χ4n) is 3.16. The minimum atomic E-state index is -3.90. The number of benzene rings is 2. The van der Waals surface area contributed by atoms with Crippen LogP contribution in [0.2, 0.25) is 0 Å². The fourth-order valence-corrected chi connectivity index (χ4v) is 3.97. The number of aromatic nitrogens is 2. The molecule has 2 aromatic carbocycles. The number of aryl methyl sites for hydroxylation is 1. The van der Waals surface area contributed by atoms with Crippen LogP contribution in [0.25, 0.3) is 0 Å². The standard InChI is InChI=1S/C22H26FN7O3S/c1-3-18(20(24)31)26-11-14-5-8-15(9-6-14)28-21-17(23)12-27-22(30-21)29-16-7-4-13(2)19(10-16)34(25,32)33/h4-10,12,18,26H,3,11H2,1-2H3,(H2,24,31)(H2,25,32,33)(H2,27,28,29,30). The molecule has 1 atom stereocenters. The average Bonchev–Trinajstić information content (AvgIpc) is 2.78. The van der Waals surface area contributed by atoms with Crippen molar-refractivity contribution in [1.82, 2.24) is 15.3 Å². The Hall–Kier alpha value is -3.61. The number of rotatable bonds is 10. The second-order valence-corrected chi connectivity index (χ2v) is 9.14. The van der Waals surface area contributed by atoms with Gasteiger partial charge in [-0.25, -0.2) is 22.9 Å². The fraction of sp³-hybridized carbons (Fsp3) is 0.227. The number of sulfonamides is 1. The largest absolute Gasteiger partial charge is 0.368 e. The Kier molecular flexibility index (Phi) is 7.76. The highest BCUT2D eigenvalue weighted by molar-refractivity contribution is 7.89. The number of anilines is 4. The monoisotopic (exact) mass is 487 g/mol. The Labute approximate surface area is 197 Å². The predicted molar refractivity (Wildman–Crippen MR) is 128 cm³/mol. The molecule has 0 radical (unpaired) electrons. The molecule has 0 aliphatic carbocycles. The molecular formula is C22H26FN7O3S. The highest BCUT2D eigenvalue weighted by Crippen LogP contribution is 2.23. The van der Waals surface area contributed by atoms with E-state index in [1.807, 2.05) is 19.1 Å². The number of amides is 1. The van der Waals surface area contributed by atoms with E-state index < -0.39 is 27.8 Å². The Morgan fingerprint density at radius 2 is 1.79 bits per heavy atom. The van der Waals surface area contributed by atoms with Crippen LogP contribution in [0.5, 0.6) is 0 Å². The SMILES string of the molecule is CCC(NCc1ccc(Nc2nc(Nc3ccc(C)c(S(N)(=O)=O)c3)ncc2F)cc1)C(N)=O. The molecule has 0 aliphatic heterocycles. The first-order chi connectivity index (χ1) is 16.1. The second kappa shape index (κ2) is 10.5. The quantitative estimate of drug-likeness (QED) is 0.291. The Balaban J connectivity index is 1.72. The molecule has 3 rings (SSSR count). The number of primary amides is 1. The van der Waals surface area contributed by atoms with Crippen molar-refractivity contribution < 1.29 is 17.6 Å². The van der Waals surface area contributed by atoms with Gasteiger partial charge in [0.25, 0.3) is 0 Å². The van der Waals surface area contributed by atoms with Gasteiger partial charge in [0.2, 0.25) is 21.9 Å². The summed E-state index contributed by atoms with van der Waals surface area (Å²) in [6.45, 7) is 3.95. The lowest BCUT2D eigenvalue weighted by molar-refractivity contribution is -0.120. The van der Waals surface area contributed by atoms with E-state index in [1.54, 1.807) is 31.2 Å². The number of halogens is 1. The van der Waals surface area contributed by atoms with Crippen LogP contribution >= 0.6 is 0 Å². The summed E-state index contributed by atoms with van der Waals surface area (Å²) < 4.78 is 37.8. The number of nitrogens with zero attached hydrogens (tertiary/aromatic N) is 2. The predicted octanol–water partition coefficient (Wildman–Crippen LogP) is 2.41. The number of hydrogen-bond acceptors (Lipinski definition) is 8. The Morgan fingerprint density at radius 3 is 2.41 bits per heavy atom. The molecule has 34 heavy (non-hydrogen) atoms. The molecule has 7 N–H and O–H groups in total. The molecule has 0 saturated heterocycles. The molecule has 12 heteroatoms. The van der Waals surface area contributed by atoms with Gasteiger partial charge in [-0.2, -0.15) is 4.98 Å². The molecular weight excluding hydrogens is 461 g/mol. The summed E-state index contributed by atoms with van der Waals surface area (Å²) in [5.41, 5.74) is 7.71. The van der Waals surface area contributed by atoms with Crippen LogP contribution in [0.4, 0.5) is 27.5 Å². The number of primary sulfonamides is 1. The number of carbonyl (C=O) groups excluding carboxylic acids is 1. The molecule has 1 heterocycles. The molecule has 3 aromatic rings. The lowest BCUT2D eigenvalue weighted by Crippen LogP contribution is -2.40. The summed E-state index contributed by atoms with van der Waals surface area (Å²) in [5, 5.41) is 14.1. The van der Waals surface area contributed by atoms with E-state index >= 15 is 0 Å². The van der Waals surface area contributed by atoms with Gasteiger partial charge >= 0.3 is 0 Å². The topological polar surface area (TPSA) is 165 Å². The van der Waals surface area contributed by atoms with E-state index in [0.29, 0.717) is 29.9 Å². The molecule has 1 aromatic heterocycles. The van der Waals surface area contributed by atoms with E-state index in [-0.39, 0.29) is 16.7 Å². The van der Waals surface area contributed by atoms with Gasteiger partial charge in [0.15, 0.2) is 11.6 Å². The van der Waals surface area contributed by atoms with Crippen LogP contribution in [0.15, 0.2) is 53.6 Å². The maximum Gasteiger partial charge on any atom is 0.238 e. The van der Waals surface area contributed by atoms with Crippen molar-refractivity contribution in [2.45, 2.75) is 37.8 Å². The van der Waals surface area contributed by atoms with Crippen molar-refractivity contribution in [3.63, 3.8) is 0 Å². The first-order valence-corrected chi connectivity index (χ1v) is 11.9. The van der Waals surface area contributed by atoms with Crippen molar-refractivity contribution in [2.24, 2.45) is 10.9 Å². The molecule has 0 spiro atoms. The zero-order chi connectivity index (χ0) is 24.9. The van der Waals surface area contributed by atoms with Crippen molar-refractivity contribution >= 4 is 39.1 Å². The molecule has 0 fully saturated rings. The Bertz CT molecular complexity index is 1280. The normalized spacial score (nSPS) is 12.2. The van der Waals surface area contributed by atoms with Gasteiger partial charge < -0.3 is 21.7 Å². The van der Waals surface area contributed by atoms with Crippen molar-refractivity contribution in [3.05, 3.63) is 65.6 Å². The van der Waals surface area contributed by atoms with E-state index in [9.17, 15) is 17.6 Å². The summed E-state index contributed by atoms with van der Waals surface area (Å²) in [7, 11) is -3.90. The third-order valence-electron chi connectivity index (χ3n) is 5.02. The lowest BCUT2D eigenvalue weighted by Gasteiger charge is -2.14. The molecule has 0 aliphatic rings. The maximum absolute atomic E-state index is 14.3. The van der Waals surface area contributed by atoms with E-state index in [0.717, 1.165) is 11.8 Å². The maximum atomic E-state index is 14.3. The first kappa shape index (κ1) is 25.0. The second-order valence-electron chi connectivity index (χ2n) is 7.61. The Morgan fingerprint density at radius 1 is 1.12 bits per heavy atom. The van der Waals surface area contributed by atoms with Crippen LogP contribution in [0, 0.1) is 12.7 Å². The van der Waals surface area contributed by atoms with Crippen LogP contribution in [0.3, 0.4) is 0 Å². The van der Waals surface area contributed by atoms with E-state index in [1.165, 1.54) is 6.07 Å². The highest BCUT2D eigenvalue weighted by atomic mass is 32.2. The minimum absolute atomic E-state index is 0.0337. The number of nitrogens with one attached hydrogen (secondary N) is 3.